The predicted octanol–water partition coefficient (Wildman–Crippen LogP) is 7.74. The lowest BCUT2D eigenvalue weighted by Crippen LogP contribution is -2.51. The SMILES string of the molecule is CC.CC1CC[C@@H]2C3CC[C@]4(C)C(C(C)NC(=O)c5ccccc5)CCC4[C@@H]3CC[C@@H]2C1. The van der Waals surface area contributed by atoms with E-state index < -0.39 is 0 Å². The van der Waals surface area contributed by atoms with Crippen molar-refractivity contribution in [1.29, 1.82) is 0 Å². The van der Waals surface area contributed by atoms with Crippen molar-refractivity contribution < 1.29 is 4.79 Å². The molecule has 2 nitrogen and oxygen atoms in total. The molecule has 4 saturated carbocycles. The minimum atomic E-state index is 0.0978. The van der Waals surface area contributed by atoms with Crippen LogP contribution in [0.15, 0.2) is 30.3 Å². The average Bonchev–Trinajstić information content (AvgIpc) is 3.18. The van der Waals surface area contributed by atoms with Crippen LogP contribution in [-0.2, 0) is 0 Å². The Bertz CT molecular complexity index is 759. The van der Waals surface area contributed by atoms with E-state index in [1.165, 1.54) is 57.8 Å². The highest BCUT2D eigenvalue weighted by Gasteiger charge is 2.57. The third kappa shape index (κ3) is 4.28. The molecule has 5 rings (SSSR count). The second-order valence-corrected chi connectivity index (χ2v) is 11.7. The lowest BCUT2D eigenvalue weighted by Gasteiger charge is -2.56. The summed E-state index contributed by atoms with van der Waals surface area (Å²) in [7, 11) is 0. The van der Waals surface area contributed by atoms with Gasteiger partial charge < -0.3 is 5.32 Å². The highest BCUT2D eigenvalue weighted by Crippen LogP contribution is 2.64. The molecule has 0 aliphatic heterocycles. The Balaban J connectivity index is 0.00000119. The van der Waals surface area contributed by atoms with Crippen molar-refractivity contribution in [3.63, 3.8) is 0 Å². The number of carbonyl (C=O) groups is 1. The largest absolute Gasteiger partial charge is 0.349 e. The fourth-order valence-electron chi connectivity index (χ4n) is 8.93. The standard InChI is InChI=1S/C28H41NO.C2H6/c1-18-9-11-22-21(17-18)10-12-24-23(22)15-16-28(3)25(13-14-26(24)28)19(2)29-27(30)20-7-5-4-6-8-20;1-2/h4-8,18-19,21-26H,9-17H2,1-3H3,(H,29,30);1-2H3/t18?,19?,21-,22+,23?,24-,25?,26?,28-;/m1./s1. The summed E-state index contributed by atoms with van der Waals surface area (Å²) < 4.78 is 0. The summed E-state index contributed by atoms with van der Waals surface area (Å²) in [6, 6.07) is 10.00. The van der Waals surface area contributed by atoms with E-state index in [0.29, 0.717) is 11.3 Å². The van der Waals surface area contributed by atoms with Gasteiger partial charge in [0.2, 0.25) is 0 Å². The maximum absolute atomic E-state index is 12.8. The molecule has 32 heavy (non-hydrogen) atoms. The molecule has 4 aliphatic rings. The van der Waals surface area contributed by atoms with E-state index in [2.05, 4.69) is 26.1 Å². The van der Waals surface area contributed by atoms with Crippen molar-refractivity contribution in [1.82, 2.24) is 5.32 Å². The first-order valence-corrected chi connectivity index (χ1v) is 13.8. The van der Waals surface area contributed by atoms with Crippen LogP contribution in [0.1, 0.15) is 103 Å². The maximum Gasteiger partial charge on any atom is 0.251 e. The van der Waals surface area contributed by atoms with Gasteiger partial charge in [0.25, 0.3) is 5.91 Å². The number of hydrogen-bond donors (Lipinski definition) is 1. The zero-order valence-corrected chi connectivity index (χ0v) is 21.3. The van der Waals surface area contributed by atoms with E-state index in [1.807, 2.05) is 44.2 Å². The van der Waals surface area contributed by atoms with Gasteiger partial charge in [-0.15, -0.1) is 0 Å². The summed E-state index contributed by atoms with van der Waals surface area (Å²) in [5, 5.41) is 3.38. The molecule has 0 spiro atoms. The summed E-state index contributed by atoms with van der Waals surface area (Å²) in [5.74, 6) is 6.59. The normalized spacial score (nSPS) is 41.2. The lowest BCUT2D eigenvalue weighted by atomic mass is 9.49. The van der Waals surface area contributed by atoms with Crippen molar-refractivity contribution in [2.75, 3.05) is 0 Å². The van der Waals surface area contributed by atoms with E-state index in [9.17, 15) is 4.79 Å². The number of amides is 1. The van der Waals surface area contributed by atoms with Crippen molar-refractivity contribution >= 4 is 5.91 Å². The molecule has 1 aromatic rings. The summed E-state index contributed by atoms with van der Waals surface area (Å²) in [5.41, 5.74) is 1.21. The first-order chi connectivity index (χ1) is 15.5. The van der Waals surface area contributed by atoms with Gasteiger partial charge in [-0.25, -0.2) is 0 Å². The Morgan fingerprint density at radius 3 is 2.41 bits per heavy atom. The third-order valence-corrected chi connectivity index (χ3v) is 10.3. The van der Waals surface area contributed by atoms with Crippen LogP contribution in [0, 0.1) is 46.8 Å². The molecule has 178 valence electrons. The third-order valence-electron chi connectivity index (χ3n) is 10.3. The van der Waals surface area contributed by atoms with Crippen molar-refractivity contribution in [2.45, 2.75) is 98.4 Å². The van der Waals surface area contributed by atoms with Crippen molar-refractivity contribution in [3.8, 4) is 0 Å². The van der Waals surface area contributed by atoms with E-state index >= 15 is 0 Å². The van der Waals surface area contributed by atoms with Crippen LogP contribution < -0.4 is 5.32 Å². The zero-order valence-electron chi connectivity index (χ0n) is 21.3. The molecular formula is C30H47NO. The van der Waals surface area contributed by atoms with Crippen LogP contribution in [0.2, 0.25) is 0 Å². The Morgan fingerprint density at radius 2 is 1.66 bits per heavy atom. The molecule has 0 saturated heterocycles. The molecule has 5 unspecified atom stereocenters. The fraction of sp³-hybridized carbons (Fsp3) is 0.767. The van der Waals surface area contributed by atoms with Gasteiger partial charge in [-0.1, -0.05) is 52.3 Å². The molecule has 1 aromatic carbocycles. The molecule has 4 fully saturated rings. The molecule has 9 atom stereocenters. The quantitative estimate of drug-likeness (QED) is 0.515. The summed E-state index contributed by atoms with van der Waals surface area (Å²) in [4.78, 5) is 12.8. The Morgan fingerprint density at radius 1 is 0.938 bits per heavy atom. The molecular weight excluding hydrogens is 390 g/mol. The van der Waals surface area contributed by atoms with Crippen LogP contribution in [0.5, 0.6) is 0 Å². The second-order valence-electron chi connectivity index (χ2n) is 11.7. The monoisotopic (exact) mass is 437 g/mol. The minimum absolute atomic E-state index is 0.0978. The number of fused-ring (bicyclic) bond motifs is 5. The van der Waals surface area contributed by atoms with Gasteiger partial charge in [0.05, 0.1) is 0 Å². The predicted molar refractivity (Wildman–Crippen MR) is 134 cm³/mol. The maximum atomic E-state index is 12.8. The number of benzene rings is 1. The van der Waals surface area contributed by atoms with Gasteiger partial charge in [-0.05, 0) is 117 Å². The second kappa shape index (κ2) is 9.90. The number of hydrogen-bond acceptors (Lipinski definition) is 1. The lowest BCUT2D eigenvalue weighted by molar-refractivity contribution is -0.0698. The topological polar surface area (TPSA) is 29.1 Å². The number of carbonyl (C=O) groups excluding carboxylic acids is 1. The Kier molecular flexibility index (Phi) is 7.37. The summed E-state index contributed by atoms with van der Waals surface area (Å²) in [6.45, 7) is 11.3. The van der Waals surface area contributed by atoms with Gasteiger partial charge in [-0.2, -0.15) is 0 Å². The number of nitrogens with one attached hydrogen (secondary N) is 1. The van der Waals surface area contributed by atoms with Gasteiger partial charge >= 0.3 is 0 Å². The molecule has 2 heteroatoms. The smallest absolute Gasteiger partial charge is 0.251 e. The average molecular weight is 438 g/mol. The zero-order chi connectivity index (χ0) is 22.9. The molecule has 0 aromatic heterocycles. The van der Waals surface area contributed by atoms with Crippen molar-refractivity contribution in [3.05, 3.63) is 35.9 Å². The highest BCUT2D eigenvalue weighted by molar-refractivity contribution is 5.94. The van der Waals surface area contributed by atoms with E-state index in [-0.39, 0.29) is 11.9 Å². The van der Waals surface area contributed by atoms with E-state index in [0.717, 1.165) is 41.1 Å². The van der Waals surface area contributed by atoms with Crippen LogP contribution in [0.4, 0.5) is 0 Å². The highest BCUT2D eigenvalue weighted by atomic mass is 16.1. The van der Waals surface area contributed by atoms with Crippen LogP contribution in [0.3, 0.4) is 0 Å². The first kappa shape index (κ1) is 23.8. The molecule has 0 heterocycles. The van der Waals surface area contributed by atoms with Gasteiger partial charge in [0.1, 0.15) is 0 Å². The van der Waals surface area contributed by atoms with E-state index in [4.69, 9.17) is 0 Å². The molecule has 1 N–H and O–H groups in total. The first-order valence-electron chi connectivity index (χ1n) is 13.8. The summed E-state index contributed by atoms with van der Waals surface area (Å²) >= 11 is 0. The molecule has 0 bridgehead atoms. The van der Waals surface area contributed by atoms with Gasteiger partial charge in [-0.3, -0.25) is 4.79 Å². The molecule has 0 radical (unpaired) electrons. The van der Waals surface area contributed by atoms with Crippen LogP contribution in [0.25, 0.3) is 0 Å². The molecule has 4 aliphatic carbocycles. The Labute approximate surface area is 197 Å². The Hall–Kier alpha value is -1.31. The van der Waals surface area contributed by atoms with Gasteiger partial charge in [0.15, 0.2) is 0 Å². The van der Waals surface area contributed by atoms with Crippen LogP contribution >= 0.6 is 0 Å². The number of rotatable bonds is 3. The van der Waals surface area contributed by atoms with Gasteiger partial charge in [0, 0.05) is 11.6 Å². The molecule has 1 amide bonds. The minimum Gasteiger partial charge on any atom is -0.349 e. The fourth-order valence-corrected chi connectivity index (χ4v) is 8.93. The summed E-state index contributed by atoms with van der Waals surface area (Å²) in [6.07, 6.45) is 13.0. The van der Waals surface area contributed by atoms with E-state index in [1.54, 1.807) is 0 Å². The van der Waals surface area contributed by atoms with Crippen molar-refractivity contribution in [2.24, 2.45) is 46.8 Å². The van der Waals surface area contributed by atoms with Crippen LogP contribution in [-0.4, -0.2) is 11.9 Å².